The van der Waals surface area contributed by atoms with Crippen LogP contribution in [0.1, 0.15) is 30.9 Å². The Hall–Kier alpha value is -1.96. The minimum absolute atomic E-state index is 0.0930. The molecule has 1 N–H and O–H groups in total. The molecule has 28 heavy (non-hydrogen) atoms. The van der Waals surface area contributed by atoms with Gasteiger partial charge in [0, 0.05) is 45.5 Å². The molecule has 0 saturated carbocycles. The number of halogens is 3. The lowest BCUT2D eigenvalue weighted by atomic mass is 10.0. The third-order valence-electron chi connectivity index (χ3n) is 5.38. The molecule has 1 unspecified atom stereocenters. The summed E-state index contributed by atoms with van der Waals surface area (Å²) < 4.78 is 46.4. The van der Waals surface area contributed by atoms with Gasteiger partial charge in [0.15, 0.2) is 5.96 Å². The molecule has 0 spiro atoms. The highest BCUT2D eigenvalue weighted by molar-refractivity contribution is 5.80. The molecule has 0 aliphatic carbocycles. The van der Waals surface area contributed by atoms with Crippen molar-refractivity contribution in [2.75, 3.05) is 51.3 Å². The summed E-state index contributed by atoms with van der Waals surface area (Å²) in [5, 5.41) is 3.13. The summed E-state index contributed by atoms with van der Waals surface area (Å²) >= 11 is 0. The van der Waals surface area contributed by atoms with Crippen LogP contribution in [0.2, 0.25) is 0 Å². The van der Waals surface area contributed by atoms with Crippen LogP contribution in [0, 0.1) is 5.92 Å². The summed E-state index contributed by atoms with van der Waals surface area (Å²) in [6.07, 6.45) is -2.15. The van der Waals surface area contributed by atoms with Gasteiger partial charge < -0.3 is 19.9 Å². The van der Waals surface area contributed by atoms with Crippen molar-refractivity contribution in [3.63, 3.8) is 0 Å². The number of nitrogens with one attached hydrogen (secondary N) is 1. The zero-order valence-electron chi connectivity index (χ0n) is 16.6. The standard InChI is InChI=1S/C20H29F3N4O/c1-15-4-3-7-27(14-15)19(24-2)25-13-16-5-6-17(12-18(16)20(21,22)23)26-8-10-28-11-9-26/h5-6,12,15H,3-4,7-11,13-14H2,1-2H3,(H,24,25). The maximum absolute atomic E-state index is 13.7. The Morgan fingerprint density at radius 2 is 2.00 bits per heavy atom. The van der Waals surface area contributed by atoms with Gasteiger partial charge in [-0.3, -0.25) is 4.99 Å². The average molecular weight is 398 g/mol. The number of guanidine groups is 1. The first kappa shape index (κ1) is 20.8. The van der Waals surface area contributed by atoms with Gasteiger partial charge in [-0.15, -0.1) is 0 Å². The first-order valence-corrected chi connectivity index (χ1v) is 9.87. The van der Waals surface area contributed by atoms with E-state index < -0.39 is 11.7 Å². The molecule has 0 bridgehead atoms. The van der Waals surface area contributed by atoms with Crippen LogP contribution in [0.4, 0.5) is 18.9 Å². The van der Waals surface area contributed by atoms with Crippen LogP contribution in [-0.2, 0) is 17.5 Å². The number of hydrogen-bond donors (Lipinski definition) is 1. The lowest BCUT2D eigenvalue weighted by Gasteiger charge is -2.33. The molecule has 2 fully saturated rings. The van der Waals surface area contributed by atoms with Gasteiger partial charge in [-0.1, -0.05) is 13.0 Å². The van der Waals surface area contributed by atoms with E-state index in [0.29, 0.717) is 43.9 Å². The van der Waals surface area contributed by atoms with E-state index >= 15 is 0 Å². The minimum Gasteiger partial charge on any atom is -0.378 e. The highest BCUT2D eigenvalue weighted by Gasteiger charge is 2.34. The fourth-order valence-electron chi connectivity index (χ4n) is 3.89. The van der Waals surface area contributed by atoms with Crippen molar-refractivity contribution in [3.8, 4) is 0 Å². The third-order valence-corrected chi connectivity index (χ3v) is 5.38. The van der Waals surface area contributed by atoms with Gasteiger partial charge >= 0.3 is 6.18 Å². The molecule has 2 saturated heterocycles. The summed E-state index contributed by atoms with van der Waals surface area (Å²) in [6, 6.07) is 4.60. The topological polar surface area (TPSA) is 40.1 Å². The summed E-state index contributed by atoms with van der Waals surface area (Å²) in [5.41, 5.74) is 0.232. The fourth-order valence-corrected chi connectivity index (χ4v) is 3.89. The number of benzene rings is 1. The molecule has 2 aliphatic rings. The SMILES string of the molecule is CN=C(NCc1ccc(N2CCOCC2)cc1C(F)(F)F)N1CCCC(C)C1. The van der Waals surface area contributed by atoms with Crippen LogP contribution >= 0.6 is 0 Å². The zero-order chi connectivity index (χ0) is 20.1. The molecule has 1 aromatic rings. The van der Waals surface area contributed by atoms with Gasteiger partial charge in [-0.2, -0.15) is 13.2 Å². The van der Waals surface area contributed by atoms with Gasteiger partial charge in [-0.25, -0.2) is 0 Å². The van der Waals surface area contributed by atoms with Crippen LogP contribution in [-0.4, -0.2) is 57.3 Å². The number of likely N-dealkylation sites (tertiary alicyclic amines) is 1. The van der Waals surface area contributed by atoms with Crippen molar-refractivity contribution < 1.29 is 17.9 Å². The predicted octanol–water partition coefficient (Wildman–Crippen LogP) is 3.35. The van der Waals surface area contributed by atoms with E-state index in [1.165, 1.54) is 12.5 Å². The van der Waals surface area contributed by atoms with Crippen LogP contribution in [0.15, 0.2) is 23.2 Å². The second-order valence-electron chi connectivity index (χ2n) is 7.53. The maximum Gasteiger partial charge on any atom is 0.416 e. The van der Waals surface area contributed by atoms with Crippen molar-refractivity contribution in [3.05, 3.63) is 29.3 Å². The second-order valence-corrected chi connectivity index (χ2v) is 7.53. The molecule has 0 aromatic heterocycles. The number of rotatable bonds is 3. The lowest BCUT2D eigenvalue weighted by molar-refractivity contribution is -0.138. The van der Waals surface area contributed by atoms with Gasteiger partial charge in [-0.05, 0) is 36.5 Å². The molecule has 2 aliphatic heterocycles. The van der Waals surface area contributed by atoms with Crippen molar-refractivity contribution in [2.24, 2.45) is 10.9 Å². The van der Waals surface area contributed by atoms with Crippen LogP contribution in [0.5, 0.6) is 0 Å². The first-order valence-electron chi connectivity index (χ1n) is 9.87. The Morgan fingerprint density at radius 1 is 1.25 bits per heavy atom. The average Bonchev–Trinajstić information content (AvgIpc) is 2.68. The van der Waals surface area contributed by atoms with Crippen LogP contribution < -0.4 is 10.2 Å². The summed E-state index contributed by atoms with van der Waals surface area (Å²) in [7, 11) is 1.67. The summed E-state index contributed by atoms with van der Waals surface area (Å²) in [4.78, 5) is 8.34. The summed E-state index contributed by atoms with van der Waals surface area (Å²) in [5.74, 6) is 1.22. The smallest absolute Gasteiger partial charge is 0.378 e. The molecule has 3 rings (SSSR count). The van der Waals surface area contributed by atoms with Crippen molar-refractivity contribution in [1.29, 1.82) is 0 Å². The van der Waals surface area contributed by atoms with E-state index in [0.717, 1.165) is 19.5 Å². The Labute approximate surface area is 164 Å². The Kier molecular flexibility index (Phi) is 6.69. The lowest BCUT2D eigenvalue weighted by Crippen LogP contribution is -2.46. The molecule has 8 heteroatoms. The van der Waals surface area contributed by atoms with Crippen molar-refractivity contribution in [1.82, 2.24) is 10.2 Å². The van der Waals surface area contributed by atoms with E-state index in [2.05, 4.69) is 22.1 Å². The maximum atomic E-state index is 13.7. The highest BCUT2D eigenvalue weighted by Crippen LogP contribution is 2.35. The van der Waals surface area contributed by atoms with Crippen molar-refractivity contribution >= 4 is 11.6 Å². The van der Waals surface area contributed by atoms with E-state index in [-0.39, 0.29) is 12.1 Å². The summed E-state index contributed by atoms with van der Waals surface area (Å²) in [6.45, 7) is 6.32. The van der Waals surface area contributed by atoms with Crippen molar-refractivity contribution in [2.45, 2.75) is 32.5 Å². The van der Waals surface area contributed by atoms with Gasteiger partial charge in [0.25, 0.3) is 0 Å². The van der Waals surface area contributed by atoms with Gasteiger partial charge in [0.05, 0.1) is 18.8 Å². The number of morpholine rings is 1. The molecule has 1 atom stereocenters. The second kappa shape index (κ2) is 9.03. The third kappa shape index (κ3) is 5.10. The fraction of sp³-hybridized carbons (Fsp3) is 0.650. The number of piperidine rings is 1. The number of anilines is 1. The van der Waals surface area contributed by atoms with Gasteiger partial charge in [0.2, 0.25) is 0 Å². The predicted molar refractivity (Wildman–Crippen MR) is 105 cm³/mol. The largest absolute Gasteiger partial charge is 0.416 e. The van der Waals surface area contributed by atoms with E-state index in [1.807, 2.05) is 4.90 Å². The Morgan fingerprint density at radius 3 is 2.64 bits per heavy atom. The van der Waals surface area contributed by atoms with E-state index in [9.17, 15) is 13.2 Å². The quantitative estimate of drug-likeness (QED) is 0.626. The zero-order valence-corrected chi connectivity index (χ0v) is 16.6. The molecule has 156 valence electrons. The monoisotopic (exact) mass is 398 g/mol. The minimum atomic E-state index is -4.40. The molecule has 0 amide bonds. The molecular weight excluding hydrogens is 369 g/mol. The number of aliphatic imine (C=N–C) groups is 1. The number of nitrogens with zero attached hydrogens (tertiary/aromatic N) is 3. The van der Waals surface area contributed by atoms with Crippen LogP contribution in [0.3, 0.4) is 0 Å². The van der Waals surface area contributed by atoms with Gasteiger partial charge in [0.1, 0.15) is 0 Å². The number of alkyl halides is 3. The molecule has 1 aromatic carbocycles. The Balaban J connectivity index is 1.75. The van der Waals surface area contributed by atoms with E-state index in [4.69, 9.17) is 4.74 Å². The molecule has 2 heterocycles. The molecular formula is C20H29F3N4O. The van der Waals surface area contributed by atoms with Crippen LogP contribution in [0.25, 0.3) is 0 Å². The number of hydrogen-bond acceptors (Lipinski definition) is 3. The Bertz CT molecular complexity index is 687. The molecule has 5 nitrogen and oxygen atoms in total. The highest BCUT2D eigenvalue weighted by atomic mass is 19.4. The number of ether oxygens (including phenoxy) is 1. The molecule has 0 radical (unpaired) electrons. The first-order chi connectivity index (χ1) is 13.4. The normalized spacial score (nSPS) is 21.8. The van der Waals surface area contributed by atoms with E-state index in [1.54, 1.807) is 19.2 Å².